The highest BCUT2D eigenvalue weighted by Crippen LogP contribution is 2.22. The number of oxazole rings is 1. The first-order valence-corrected chi connectivity index (χ1v) is 5.96. The number of hydrogen-bond acceptors (Lipinski definition) is 3. The fourth-order valence-electron chi connectivity index (χ4n) is 2.26. The van der Waals surface area contributed by atoms with Crippen LogP contribution in [-0.2, 0) is 6.54 Å². The second-order valence-corrected chi connectivity index (χ2v) is 4.50. The first-order chi connectivity index (χ1) is 7.34. The molecular formula is C12H20N2O. The normalized spacial score (nSPS) is 18.2. The Labute approximate surface area is 91.3 Å². The molecule has 2 rings (SSSR count). The minimum absolute atomic E-state index is 0.768. The smallest absolute Gasteiger partial charge is 0.208 e. The van der Waals surface area contributed by atoms with Gasteiger partial charge in [-0.2, -0.15) is 0 Å². The van der Waals surface area contributed by atoms with E-state index in [4.69, 9.17) is 4.42 Å². The Morgan fingerprint density at radius 1 is 1.40 bits per heavy atom. The molecule has 0 aliphatic heterocycles. The molecular weight excluding hydrogens is 188 g/mol. The van der Waals surface area contributed by atoms with Crippen LogP contribution >= 0.6 is 0 Å². The van der Waals surface area contributed by atoms with Gasteiger partial charge in [0.1, 0.15) is 5.76 Å². The van der Waals surface area contributed by atoms with E-state index in [1.54, 1.807) is 6.20 Å². The highest BCUT2D eigenvalue weighted by Gasteiger charge is 2.12. The van der Waals surface area contributed by atoms with Gasteiger partial charge < -0.3 is 9.73 Å². The largest absolute Gasteiger partial charge is 0.445 e. The predicted molar refractivity (Wildman–Crippen MR) is 59.5 cm³/mol. The van der Waals surface area contributed by atoms with E-state index in [0.717, 1.165) is 30.7 Å². The summed E-state index contributed by atoms with van der Waals surface area (Å²) in [4.78, 5) is 4.17. The Kier molecular flexibility index (Phi) is 3.78. The number of nitrogens with zero attached hydrogens (tertiary/aromatic N) is 1. The molecule has 1 aliphatic rings. The third kappa shape index (κ3) is 3.34. The lowest BCUT2D eigenvalue weighted by Crippen LogP contribution is -2.24. The standard InChI is InChI=1S/C12H20N2O/c1-10-7-14-12(15-10)9-13-8-11-5-3-2-4-6-11/h7,11,13H,2-6,8-9H2,1H3. The first kappa shape index (κ1) is 10.7. The summed E-state index contributed by atoms with van der Waals surface area (Å²) in [5.41, 5.74) is 0. The molecule has 84 valence electrons. The Hall–Kier alpha value is -0.830. The van der Waals surface area contributed by atoms with Crippen LogP contribution < -0.4 is 5.32 Å². The number of nitrogens with one attached hydrogen (secondary N) is 1. The number of rotatable bonds is 4. The lowest BCUT2D eigenvalue weighted by atomic mass is 9.89. The molecule has 0 bridgehead atoms. The second-order valence-electron chi connectivity index (χ2n) is 4.50. The summed E-state index contributed by atoms with van der Waals surface area (Å²) in [6.45, 7) is 3.81. The molecule has 0 atom stereocenters. The van der Waals surface area contributed by atoms with Gasteiger partial charge >= 0.3 is 0 Å². The maximum atomic E-state index is 5.40. The highest BCUT2D eigenvalue weighted by atomic mass is 16.4. The molecule has 3 nitrogen and oxygen atoms in total. The van der Waals surface area contributed by atoms with Crippen LogP contribution in [0.4, 0.5) is 0 Å². The Morgan fingerprint density at radius 2 is 2.20 bits per heavy atom. The van der Waals surface area contributed by atoms with Gasteiger partial charge in [-0.1, -0.05) is 19.3 Å². The molecule has 15 heavy (non-hydrogen) atoms. The van der Waals surface area contributed by atoms with E-state index in [9.17, 15) is 0 Å². The summed E-state index contributed by atoms with van der Waals surface area (Å²) in [5, 5.41) is 3.43. The lowest BCUT2D eigenvalue weighted by Gasteiger charge is -2.21. The molecule has 0 unspecified atom stereocenters. The third-order valence-electron chi connectivity index (χ3n) is 3.10. The third-order valence-corrected chi connectivity index (χ3v) is 3.10. The van der Waals surface area contributed by atoms with Crippen molar-refractivity contribution in [2.45, 2.75) is 45.6 Å². The molecule has 1 aromatic rings. The first-order valence-electron chi connectivity index (χ1n) is 5.96. The van der Waals surface area contributed by atoms with Crippen LogP contribution in [0, 0.1) is 12.8 Å². The topological polar surface area (TPSA) is 38.1 Å². The van der Waals surface area contributed by atoms with Gasteiger partial charge in [0.15, 0.2) is 0 Å². The van der Waals surface area contributed by atoms with Crippen LogP contribution in [0.1, 0.15) is 43.8 Å². The van der Waals surface area contributed by atoms with Crippen LogP contribution in [0.2, 0.25) is 0 Å². The summed E-state index contributed by atoms with van der Waals surface area (Å²) < 4.78 is 5.40. The van der Waals surface area contributed by atoms with Crippen molar-refractivity contribution in [1.29, 1.82) is 0 Å². The predicted octanol–water partition coefficient (Wildman–Crippen LogP) is 2.65. The monoisotopic (exact) mass is 208 g/mol. The molecule has 1 aromatic heterocycles. The molecule has 1 N–H and O–H groups in total. The van der Waals surface area contributed by atoms with Crippen LogP contribution in [0.15, 0.2) is 10.6 Å². The zero-order chi connectivity index (χ0) is 10.5. The van der Waals surface area contributed by atoms with Crippen LogP contribution in [0.3, 0.4) is 0 Å². The van der Waals surface area contributed by atoms with Gasteiger partial charge in [-0.15, -0.1) is 0 Å². The fraction of sp³-hybridized carbons (Fsp3) is 0.750. The van der Waals surface area contributed by atoms with E-state index in [1.807, 2.05) is 6.92 Å². The van der Waals surface area contributed by atoms with Crippen LogP contribution in [-0.4, -0.2) is 11.5 Å². The van der Waals surface area contributed by atoms with E-state index in [1.165, 1.54) is 32.1 Å². The van der Waals surface area contributed by atoms with Crippen molar-refractivity contribution in [3.8, 4) is 0 Å². The fourth-order valence-corrected chi connectivity index (χ4v) is 2.26. The lowest BCUT2D eigenvalue weighted by molar-refractivity contribution is 0.334. The van der Waals surface area contributed by atoms with Gasteiger partial charge in [-0.3, -0.25) is 0 Å². The Morgan fingerprint density at radius 3 is 2.87 bits per heavy atom. The zero-order valence-electron chi connectivity index (χ0n) is 9.46. The summed E-state index contributed by atoms with van der Waals surface area (Å²) in [6, 6.07) is 0. The number of aromatic nitrogens is 1. The quantitative estimate of drug-likeness (QED) is 0.826. The average Bonchev–Trinajstić information content (AvgIpc) is 2.66. The van der Waals surface area contributed by atoms with Gasteiger partial charge in [0.05, 0.1) is 12.7 Å². The molecule has 1 fully saturated rings. The van der Waals surface area contributed by atoms with Gasteiger partial charge in [-0.05, 0) is 32.2 Å². The molecule has 0 spiro atoms. The van der Waals surface area contributed by atoms with Crippen molar-refractivity contribution in [3.63, 3.8) is 0 Å². The van der Waals surface area contributed by atoms with Gasteiger partial charge in [0, 0.05) is 0 Å². The van der Waals surface area contributed by atoms with Crippen molar-refractivity contribution in [2.75, 3.05) is 6.54 Å². The molecule has 1 heterocycles. The van der Waals surface area contributed by atoms with Gasteiger partial charge in [0.2, 0.25) is 5.89 Å². The van der Waals surface area contributed by atoms with Crippen molar-refractivity contribution < 1.29 is 4.42 Å². The van der Waals surface area contributed by atoms with Crippen LogP contribution in [0.25, 0.3) is 0 Å². The summed E-state index contributed by atoms with van der Waals surface area (Å²) in [6.07, 6.45) is 8.79. The van der Waals surface area contributed by atoms with E-state index >= 15 is 0 Å². The SMILES string of the molecule is Cc1cnc(CNCC2CCCCC2)o1. The highest BCUT2D eigenvalue weighted by molar-refractivity contribution is 4.90. The molecule has 0 radical (unpaired) electrons. The average molecular weight is 208 g/mol. The molecule has 3 heteroatoms. The molecule has 0 saturated heterocycles. The van der Waals surface area contributed by atoms with E-state index < -0.39 is 0 Å². The van der Waals surface area contributed by atoms with Crippen molar-refractivity contribution in [1.82, 2.24) is 10.3 Å². The minimum atomic E-state index is 0.768. The molecule has 0 aromatic carbocycles. The number of hydrogen-bond donors (Lipinski definition) is 1. The zero-order valence-corrected chi connectivity index (χ0v) is 9.46. The maximum Gasteiger partial charge on any atom is 0.208 e. The molecule has 1 saturated carbocycles. The Balaban J connectivity index is 1.65. The summed E-state index contributed by atoms with van der Waals surface area (Å²) in [5.74, 6) is 2.57. The van der Waals surface area contributed by atoms with Crippen molar-refractivity contribution >= 4 is 0 Å². The van der Waals surface area contributed by atoms with Crippen molar-refractivity contribution in [3.05, 3.63) is 17.8 Å². The van der Waals surface area contributed by atoms with Gasteiger partial charge in [-0.25, -0.2) is 4.98 Å². The van der Waals surface area contributed by atoms with E-state index in [2.05, 4.69) is 10.3 Å². The Bertz CT molecular complexity index is 290. The van der Waals surface area contributed by atoms with Crippen molar-refractivity contribution in [2.24, 2.45) is 5.92 Å². The maximum absolute atomic E-state index is 5.40. The minimum Gasteiger partial charge on any atom is -0.445 e. The molecule has 0 amide bonds. The van der Waals surface area contributed by atoms with E-state index in [-0.39, 0.29) is 0 Å². The second kappa shape index (κ2) is 5.31. The summed E-state index contributed by atoms with van der Waals surface area (Å²) in [7, 11) is 0. The van der Waals surface area contributed by atoms with Gasteiger partial charge in [0.25, 0.3) is 0 Å². The number of aryl methyl sites for hydroxylation is 1. The molecule has 1 aliphatic carbocycles. The van der Waals surface area contributed by atoms with Crippen LogP contribution in [0.5, 0.6) is 0 Å². The van der Waals surface area contributed by atoms with E-state index in [0.29, 0.717) is 0 Å². The summed E-state index contributed by atoms with van der Waals surface area (Å²) >= 11 is 0.